The van der Waals surface area contributed by atoms with Crippen LogP contribution in [0.15, 0.2) is 23.7 Å². The Morgan fingerprint density at radius 2 is 2.30 bits per heavy atom. The molecular weight excluding hydrogens is 291 g/mol. The topological polar surface area (TPSA) is 57.8 Å². The summed E-state index contributed by atoms with van der Waals surface area (Å²) in [5, 5.41) is 3.87. The molecule has 1 amide bonds. The van der Waals surface area contributed by atoms with Crippen LogP contribution in [0.3, 0.4) is 0 Å². The first-order valence-electron chi connectivity index (χ1n) is 5.88. The van der Waals surface area contributed by atoms with Crippen LogP contribution in [0.25, 0.3) is 0 Å². The minimum atomic E-state index is -4.46. The lowest BCUT2D eigenvalue weighted by Gasteiger charge is -2.13. The molecule has 2 aromatic rings. The van der Waals surface area contributed by atoms with Crippen LogP contribution in [0, 0.1) is 0 Å². The highest BCUT2D eigenvalue weighted by atomic mass is 32.1. The molecule has 2 rings (SSSR count). The third-order valence-corrected chi connectivity index (χ3v) is 3.63. The van der Waals surface area contributed by atoms with Crippen molar-refractivity contribution in [2.45, 2.75) is 25.6 Å². The quantitative estimate of drug-likeness (QED) is 0.910. The van der Waals surface area contributed by atoms with Crippen molar-refractivity contribution in [2.24, 2.45) is 0 Å². The molecule has 108 valence electrons. The first-order chi connectivity index (χ1) is 9.41. The molecule has 2 N–H and O–H groups in total. The molecule has 0 radical (unpaired) electrons. The van der Waals surface area contributed by atoms with Crippen molar-refractivity contribution < 1.29 is 18.0 Å². The van der Waals surface area contributed by atoms with Gasteiger partial charge in [0.2, 0.25) is 0 Å². The van der Waals surface area contributed by atoms with Crippen LogP contribution < -0.4 is 5.32 Å². The maximum Gasteiger partial charge on any atom is 0.434 e. The summed E-state index contributed by atoms with van der Waals surface area (Å²) in [6.45, 7) is 1.77. The average molecular weight is 303 g/mol. The Bertz CT molecular complexity index is 577. The number of nitrogens with one attached hydrogen (secondary N) is 2. The molecule has 0 saturated carbocycles. The van der Waals surface area contributed by atoms with Crippen LogP contribution in [-0.2, 0) is 6.18 Å². The van der Waals surface area contributed by atoms with Gasteiger partial charge in [0, 0.05) is 11.6 Å². The Morgan fingerprint density at radius 3 is 2.80 bits per heavy atom. The zero-order valence-corrected chi connectivity index (χ0v) is 11.3. The lowest BCUT2D eigenvalue weighted by atomic mass is 10.2. The van der Waals surface area contributed by atoms with Crippen molar-refractivity contribution >= 4 is 17.2 Å². The maximum absolute atomic E-state index is 12.5. The minimum absolute atomic E-state index is 0.250. The van der Waals surface area contributed by atoms with Crippen molar-refractivity contribution in [3.05, 3.63) is 40.1 Å². The molecule has 2 heterocycles. The largest absolute Gasteiger partial charge is 0.434 e. The molecule has 20 heavy (non-hydrogen) atoms. The lowest BCUT2D eigenvalue weighted by Crippen LogP contribution is -2.28. The Kier molecular flexibility index (Phi) is 4.12. The number of aromatic nitrogens is 2. The first kappa shape index (κ1) is 14.6. The minimum Gasteiger partial charge on any atom is -0.357 e. The fourth-order valence-corrected chi connectivity index (χ4v) is 2.58. The normalized spacial score (nSPS) is 13.2. The zero-order valence-electron chi connectivity index (χ0n) is 10.5. The predicted octanol–water partition coefficient (Wildman–Crippen LogP) is 3.37. The van der Waals surface area contributed by atoms with Gasteiger partial charge >= 0.3 is 6.18 Å². The van der Waals surface area contributed by atoms with E-state index in [-0.39, 0.29) is 10.9 Å². The molecule has 0 fully saturated rings. The summed E-state index contributed by atoms with van der Waals surface area (Å²) in [4.78, 5) is 18.2. The molecule has 0 aliphatic carbocycles. The summed E-state index contributed by atoms with van der Waals surface area (Å²) < 4.78 is 37.5. The van der Waals surface area contributed by atoms with Gasteiger partial charge in [0.15, 0.2) is 5.69 Å². The Labute approximate surface area is 117 Å². The van der Waals surface area contributed by atoms with E-state index in [0.29, 0.717) is 12.1 Å². The molecule has 0 aromatic carbocycles. The molecule has 1 atom stereocenters. The summed E-state index contributed by atoms with van der Waals surface area (Å²) >= 11 is 0.892. The summed E-state index contributed by atoms with van der Waals surface area (Å²) in [7, 11) is 0. The van der Waals surface area contributed by atoms with Crippen molar-refractivity contribution in [3.8, 4) is 0 Å². The van der Waals surface area contributed by atoms with Gasteiger partial charge in [-0.05, 0) is 18.6 Å². The van der Waals surface area contributed by atoms with Crippen molar-refractivity contribution in [3.63, 3.8) is 0 Å². The molecule has 0 saturated heterocycles. The molecule has 0 aliphatic heterocycles. The molecule has 4 nitrogen and oxygen atoms in total. The van der Waals surface area contributed by atoms with E-state index in [0.717, 1.165) is 16.7 Å². The van der Waals surface area contributed by atoms with E-state index >= 15 is 0 Å². The number of hydrogen-bond acceptors (Lipinski definition) is 3. The second-order valence-electron chi connectivity index (χ2n) is 4.09. The number of H-pyrrole nitrogens is 1. The average Bonchev–Trinajstić information content (AvgIpc) is 3.04. The number of hydrogen-bond donors (Lipinski definition) is 2. The fourth-order valence-electron chi connectivity index (χ4n) is 1.62. The number of carbonyl (C=O) groups is 1. The number of carbonyl (C=O) groups excluding carboxylic acids is 1. The van der Waals surface area contributed by atoms with Gasteiger partial charge in [-0.2, -0.15) is 13.2 Å². The molecule has 8 heteroatoms. The molecule has 0 bridgehead atoms. The van der Waals surface area contributed by atoms with Crippen LogP contribution in [0.4, 0.5) is 13.2 Å². The van der Waals surface area contributed by atoms with E-state index in [1.165, 1.54) is 0 Å². The first-order valence-corrected chi connectivity index (χ1v) is 6.76. The van der Waals surface area contributed by atoms with Crippen molar-refractivity contribution in [2.75, 3.05) is 0 Å². The Hall–Kier alpha value is -1.83. The molecule has 0 spiro atoms. The SMILES string of the molecule is CC[C@@H](NC(=O)c1ccc[nH]1)c1nc(C(F)(F)F)cs1. The third-order valence-electron chi connectivity index (χ3n) is 2.67. The molecule has 0 unspecified atom stereocenters. The van der Waals surface area contributed by atoms with E-state index in [4.69, 9.17) is 0 Å². The fraction of sp³-hybridized carbons (Fsp3) is 0.333. The summed E-state index contributed by atoms with van der Waals surface area (Å²) in [5.41, 5.74) is -0.568. The number of rotatable bonds is 4. The van der Waals surface area contributed by atoms with Gasteiger partial charge in [0.25, 0.3) is 5.91 Å². The van der Waals surface area contributed by atoms with Gasteiger partial charge in [0.05, 0.1) is 6.04 Å². The predicted molar refractivity (Wildman–Crippen MR) is 68.4 cm³/mol. The van der Waals surface area contributed by atoms with Gasteiger partial charge in [-0.3, -0.25) is 4.79 Å². The van der Waals surface area contributed by atoms with E-state index in [1.54, 1.807) is 25.3 Å². The van der Waals surface area contributed by atoms with Gasteiger partial charge in [-0.15, -0.1) is 11.3 Å². The van der Waals surface area contributed by atoms with E-state index in [9.17, 15) is 18.0 Å². The number of nitrogens with zero attached hydrogens (tertiary/aromatic N) is 1. The maximum atomic E-state index is 12.5. The smallest absolute Gasteiger partial charge is 0.357 e. The van der Waals surface area contributed by atoms with Crippen LogP contribution in [0.5, 0.6) is 0 Å². The highest BCUT2D eigenvalue weighted by Crippen LogP contribution is 2.32. The van der Waals surface area contributed by atoms with E-state index in [1.807, 2.05) is 0 Å². The number of amides is 1. The Morgan fingerprint density at radius 1 is 1.55 bits per heavy atom. The molecular formula is C12H12F3N3OS. The van der Waals surface area contributed by atoms with E-state index in [2.05, 4.69) is 15.3 Å². The highest BCUT2D eigenvalue weighted by Gasteiger charge is 2.34. The van der Waals surface area contributed by atoms with Crippen molar-refractivity contribution in [1.82, 2.24) is 15.3 Å². The van der Waals surface area contributed by atoms with Crippen LogP contribution in [0.1, 0.15) is 40.6 Å². The standard InChI is InChI=1S/C12H12F3N3OS/c1-2-7(17-10(19)8-4-3-5-16-8)11-18-9(6-20-11)12(13,14)15/h3-7,16H,2H2,1H3,(H,17,19)/t7-/m1/s1. The number of aromatic amines is 1. The Balaban J connectivity index is 2.12. The number of alkyl halides is 3. The lowest BCUT2D eigenvalue weighted by molar-refractivity contribution is -0.140. The van der Waals surface area contributed by atoms with Gasteiger partial charge in [-0.1, -0.05) is 6.92 Å². The summed E-state index contributed by atoms with van der Waals surface area (Å²) in [5.74, 6) is -0.370. The van der Waals surface area contributed by atoms with Crippen LogP contribution in [-0.4, -0.2) is 15.9 Å². The second kappa shape index (κ2) is 5.66. The zero-order chi connectivity index (χ0) is 14.8. The van der Waals surface area contributed by atoms with Gasteiger partial charge in [-0.25, -0.2) is 4.98 Å². The monoisotopic (exact) mass is 303 g/mol. The summed E-state index contributed by atoms with van der Waals surface area (Å²) in [6, 6.07) is 2.72. The van der Waals surface area contributed by atoms with Crippen LogP contribution in [0.2, 0.25) is 0 Å². The third kappa shape index (κ3) is 3.19. The number of halogens is 3. The van der Waals surface area contributed by atoms with Gasteiger partial charge < -0.3 is 10.3 Å². The van der Waals surface area contributed by atoms with E-state index < -0.39 is 17.9 Å². The number of thiazole rings is 1. The van der Waals surface area contributed by atoms with Gasteiger partial charge in [0.1, 0.15) is 10.7 Å². The summed E-state index contributed by atoms with van der Waals surface area (Å²) in [6.07, 6.45) is -2.41. The van der Waals surface area contributed by atoms with Crippen LogP contribution >= 0.6 is 11.3 Å². The molecule has 2 aromatic heterocycles. The highest BCUT2D eigenvalue weighted by molar-refractivity contribution is 7.09. The van der Waals surface area contributed by atoms with Crippen molar-refractivity contribution in [1.29, 1.82) is 0 Å². The second-order valence-corrected chi connectivity index (χ2v) is 4.98. The molecule has 0 aliphatic rings.